The lowest BCUT2D eigenvalue weighted by atomic mass is 9.97. The van der Waals surface area contributed by atoms with Gasteiger partial charge in [0.1, 0.15) is 23.8 Å². The van der Waals surface area contributed by atoms with Crippen LogP contribution in [0.25, 0.3) is 5.82 Å². The number of nitrogens with zero attached hydrogens (tertiary/aromatic N) is 8. The van der Waals surface area contributed by atoms with E-state index < -0.39 is 0 Å². The molecule has 8 nitrogen and oxygen atoms in total. The highest BCUT2D eigenvalue weighted by molar-refractivity contribution is 5.23. The molecule has 0 saturated carbocycles. The molecule has 108 valence electrons. The molecule has 8 heteroatoms. The number of aromatic nitrogens is 8. The molecule has 0 fully saturated rings. The van der Waals surface area contributed by atoms with E-state index in [1.165, 1.54) is 0 Å². The number of hydrogen-bond acceptors (Lipinski definition) is 5. The van der Waals surface area contributed by atoms with Gasteiger partial charge in [-0.2, -0.15) is 14.9 Å². The van der Waals surface area contributed by atoms with E-state index in [0.717, 1.165) is 42.7 Å². The third kappa shape index (κ3) is 1.94. The maximum Gasteiger partial charge on any atom is 0.153 e. The average Bonchev–Trinajstić information content (AvgIpc) is 3.16. The zero-order valence-electron chi connectivity index (χ0n) is 12.0. The van der Waals surface area contributed by atoms with Crippen molar-refractivity contribution in [3.8, 4) is 5.82 Å². The summed E-state index contributed by atoms with van der Waals surface area (Å²) in [6.45, 7) is 2.79. The van der Waals surface area contributed by atoms with Gasteiger partial charge in [-0.15, -0.1) is 5.10 Å². The molecule has 1 atom stereocenters. The van der Waals surface area contributed by atoms with E-state index in [9.17, 15) is 0 Å². The summed E-state index contributed by atoms with van der Waals surface area (Å²) in [4.78, 5) is 8.97. The van der Waals surface area contributed by atoms with E-state index >= 15 is 0 Å². The summed E-state index contributed by atoms with van der Waals surface area (Å²) in [6, 6.07) is 1.95. The van der Waals surface area contributed by atoms with E-state index in [1.54, 1.807) is 12.5 Å². The average molecular weight is 284 g/mol. The van der Waals surface area contributed by atoms with Gasteiger partial charge in [0, 0.05) is 32.0 Å². The van der Waals surface area contributed by atoms with Crippen LogP contribution >= 0.6 is 0 Å². The number of rotatable bonds is 2. The van der Waals surface area contributed by atoms with Crippen LogP contribution in [0.2, 0.25) is 0 Å². The molecular formula is C13H16N8. The van der Waals surface area contributed by atoms with E-state index in [0.29, 0.717) is 5.92 Å². The minimum absolute atomic E-state index is 0.304. The first-order valence-corrected chi connectivity index (χ1v) is 7.01. The molecule has 0 aromatic carbocycles. The van der Waals surface area contributed by atoms with Crippen molar-refractivity contribution in [2.24, 2.45) is 7.05 Å². The second-order valence-electron chi connectivity index (χ2n) is 5.33. The Morgan fingerprint density at radius 3 is 3.00 bits per heavy atom. The molecule has 1 unspecified atom stereocenters. The van der Waals surface area contributed by atoms with Gasteiger partial charge in [-0.3, -0.25) is 9.36 Å². The van der Waals surface area contributed by atoms with Crippen molar-refractivity contribution in [3.63, 3.8) is 0 Å². The monoisotopic (exact) mass is 284 g/mol. The van der Waals surface area contributed by atoms with Crippen molar-refractivity contribution in [1.29, 1.82) is 0 Å². The predicted octanol–water partition coefficient (Wildman–Crippen LogP) is 0.631. The van der Waals surface area contributed by atoms with Gasteiger partial charge in [0.25, 0.3) is 0 Å². The summed E-state index contributed by atoms with van der Waals surface area (Å²) in [7, 11) is 1.91. The molecule has 0 saturated heterocycles. The quantitative estimate of drug-likeness (QED) is 0.689. The number of aryl methyl sites for hydroxylation is 3. The Morgan fingerprint density at radius 1 is 1.29 bits per heavy atom. The Hall–Kier alpha value is -2.51. The fourth-order valence-corrected chi connectivity index (χ4v) is 2.89. The molecular weight excluding hydrogens is 268 g/mol. The molecule has 0 N–H and O–H groups in total. The number of hydrogen-bond donors (Lipinski definition) is 0. The van der Waals surface area contributed by atoms with Crippen molar-refractivity contribution in [1.82, 2.24) is 39.3 Å². The van der Waals surface area contributed by atoms with Crippen LogP contribution in [0.1, 0.15) is 29.8 Å². The standard InChI is InChI=1S/C13H16N8/c1-9-17-13(21(18-9)12-3-5-15-19(12)2)10-4-6-20-11(7-10)14-8-16-20/h3,5,8,10H,4,6-7H2,1-2H3. The van der Waals surface area contributed by atoms with E-state index in [-0.39, 0.29) is 0 Å². The SMILES string of the molecule is Cc1nc(C2CCn3ncnc3C2)n(-c2ccnn2C)n1. The minimum Gasteiger partial charge on any atom is -0.251 e. The van der Waals surface area contributed by atoms with Crippen molar-refractivity contribution in [2.45, 2.75) is 32.2 Å². The summed E-state index contributed by atoms with van der Waals surface area (Å²) < 4.78 is 5.68. The van der Waals surface area contributed by atoms with Crippen molar-refractivity contribution in [2.75, 3.05) is 0 Å². The molecule has 0 aliphatic carbocycles. The molecule has 0 spiro atoms. The fourth-order valence-electron chi connectivity index (χ4n) is 2.89. The molecule has 1 aliphatic heterocycles. The van der Waals surface area contributed by atoms with Crippen LogP contribution in [0, 0.1) is 6.92 Å². The first kappa shape index (κ1) is 12.2. The summed E-state index contributed by atoms with van der Waals surface area (Å²) in [6.07, 6.45) is 5.23. The zero-order chi connectivity index (χ0) is 14.4. The van der Waals surface area contributed by atoms with Gasteiger partial charge in [0.2, 0.25) is 0 Å². The molecule has 0 bridgehead atoms. The van der Waals surface area contributed by atoms with Gasteiger partial charge < -0.3 is 0 Å². The van der Waals surface area contributed by atoms with Crippen molar-refractivity contribution < 1.29 is 0 Å². The second-order valence-corrected chi connectivity index (χ2v) is 5.33. The van der Waals surface area contributed by atoms with Crippen LogP contribution in [-0.2, 0) is 20.0 Å². The van der Waals surface area contributed by atoms with Crippen molar-refractivity contribution >= 4 is 0 Å². The Labute approximate surface area is 121 Å². The van der Waals surface area contributed by atoms with Gasteiger partial charge in [-0.05, 0) is 13.3 Å². The predicted molar refractivity (Wildman–Crippen MR) is 73.9 cm³/mol. The highest BCUT2D eigenvalue weighted by Gasteiger charge is 2.27. The molecule has 0 radical (unpaired) electrons. The fraction of sp³-hybridized carbons (Fsp3) is 0.462. The summed E-state index contributed by atoms with van der Waals surface area (Å²) in [5, 5.41) is 13.0. The lowest BCUT2D eigenvalue weighted by molar-refractivity contribution is 0.416. The van der Waals surface area contributed by atoms with Crippen LogP contribution in [0.5, 0.6) is 0 Å². The maximum atomic E-state index is 4.64. The smallest absolute Gasteiger partial charge is 0.153 e. The number of fused-ring (bicyclic) bond motifs is 1. The Kier molecular flexibility index (Phi) is 2.63. The Bertz CT molecular complexity index is 780. The first-order chi connectivity index (χ1) is 10.2. The van der Waals surface area contributed by atoms with Crippen LogP contribution in [0.15, 0.2) is 18.6 Å². The minimum atomic E-state index is 0.304. The van der Waals surface area contributed by atoms with E-state index in [4.69, 9.17) is 0 Å². The largest absolute Gasteiger partial charge is 0.251 e. The second kappa shape index (κ2) is 4.51. The molecule has 3 aromatic rings. The Balaban J connectivity index is 1.75. The van der Waals surface area contributed by atoms with Crippen LogP contribution in [0.3, 0.4) is 0 Å². The van der Waals surface area contributed by atoms with Gasteiger partial charge in [0.15, 0.2) is 5.82 Å². The van der Waals surface area contributed by atoms with Gasteiger partial charge in [-0.25, -0.2) is 9.97 Å². The Morgan fingerprint density at radius 2 is 2.19 bits per heavy atom. The summed E-state index contributed by atoms with van der Waals surface area (Å²) in [5.41, 5.74) is 0. The van der Waals surface area contributed by atoms with E-state index in [2.05, 4.69) is 25.3 Å². The molecule has 1 aliphatic rings. The van der Waals surface area contributed by atoms with Crippen LogP contribution in [0.4, 0.5) is 0 Å². The lowest BCUT2D eigenvalue weighted by Gasteiger charge is -2.21. The molecule has 0 amide bonds. The normalized spacial score (nSPS) is 17.9. The molecule has 4 rings (SSSR count). The summed E-state index contributed by atoms with van der Waals surface area (Å²) in [5.74, 6) is 4.00. The molecule has 4 heterocycles. The van der Waals surface area contributed by atoms with E-state index in [1.807, 2.05) is 34.1 Å². The van der Waals surface area contributed by atoms with Gasteiger partial charge >= 0.3 is 0 Å². The van der Waals surface area contributed by atoms with Crippen LogP contribution < -0.4 is 0 Å². The zero-order valence-corrected chi connectivity index (χ0v) is 12.0. The molecule has 3 aromatic heterocycles. The third-order valence-corrected chi connectivity index (χ3v) is 3.93. The van der Waals surface area contributed by atoms with Gasteiger partial charge in [-0.1, -0.05) is 0 Å². The highest BCUT2D eigenvalue weighted by Crippen LogP contribution is 2.28. The van der Waals surface area contributed by atoms with Crippen LogP contribution in [-0.4, -0.2) is 39.3 Å². The lowest BCUT2D eigenvalue weighted by Crippen LogP contribution is -2.22. The highest BCUT2D eigenvalue weighted by atomic mass is 15.4. The van der Waals surface area contributed by atoms with Crippen molar-refractivity contribution in [3.05, 3.63) is 36.1 Å². The maximum absolute atomic E-state index is 4.64. The third-order valence-electron chi connectivity index (χ3n) is 3.93. The van der Waals surface area contributed by atoms with Gasteiger partial charge in [0.05, 0.1) is 6.20 Å². The first-order valence-electron chi connectivity index (χ1n) is 7.01. The topological polar surface area (TPSA) is 79.2 Å². The molecule has 21 heavy (non-hydrogen) atoms. The summed E-state index contributed by atoms with van der Waals surface area (Å²) >= 11 is 0.